The van der Waals surface area contributed by atoms with Crippen molar-refractivity contribution < 1.29 is 15.0 Å². The first kappa shape index (κ1) is 9.00. The van der Waals surface area contributed by atoms with E-state index in [1.807, 2.05) is 0 Å². The van der Waals surface area contributed by atoms with Crippen LogP contribution in [0.5, 0.6) is 0 Å². The van der Waals surface area contributed by atoms with E-state index < -0.39 is 17.0 Å². The maximum atomic E-state index is 11.2. The standard InChI is InChI=1S/C10H16O3/c11-8(12)9(4-1-2-5-9)10(13)6-3-7-10/h13H,1-7H2,(H,11,12). The number of aliphatic carboxylic acids is 1. The minimum absolute atomic E-state index is 0.666. The van der Waals surface area contributed by atoms with Gasteiger partial charge < -0.3 is 10.2 Å². The molecule has 0 unspecified atom stereocenters. The average molecular weight is 184 g/mol. The molecule has 0 aromatic rings. The molecule has 2 saturated carbocycles. The van der Waals surface area contributed by atoms with Crippen LogP contribution < -0.4 is 0 Å². The zero-order valence-electron chi connectivity index (χ0n) is 7.75. The highest BCUT2D eigenvalue weighted by atomic mass is 16.4. The normalized spacial score (nSPS) is 29.6. The number of aliphatic hydroxyl groups is 1. The zero-order chi connectivity index (χ0) is 9.53. The van der Waals surface area contributed by atoms with Gasteiger partial charge in [0, 0.05) is 0 Å². The second-order valence-corrected chi connectivity index (χ2v) is 4.48. The Labute approximate surface area is 77.8 Å². The van der Waals surface area contributed by atoms with E-state index in [2.05, 4.69) is 0 Å². The van der Waals surface area contributed by atoms with Gasteiger partial charge in [0.05, 0.1) is 11.0 Å². The highest BCUT2D eigenvalue weighted by molar-refractivity contribution is 5.77. The van der Waals surface area contributed by atoms with Crippen molar-refractivity contribution >= 4 is 5.97 Å². The predicted octanol–water partition coefficient (Wildman–Crippen LogP) is 1.55. The largest absolute Gasteiger partial charge is 0.481 e. The second-order valence-electron chi connectivity index (χ2n) is 4.48. The molecule has 0 aromatic heterocycles. The quantitative estimate of drug-likeness (QED) is 0.684. The van der Waals surface area contributed by atoms with Gasteiger partial charge in [-0.3, -0.25) is 4.79 Å². The molecule has 2 fully saturated rings. The highest BCUT2D eigenvalue weighted by Gasteiger charge is 2.59. The molecular weight excluding hydrogens is 168 g/mol. The molecule has 2 N–H and O–H groups in total. The fourth-order valence-corrected chi connectivity index (χ4v) is 2.85. The third kappa shape index (κ3) is 1.03. The zero-order valence-corrected chi connectivity index (χ0v) is 7.75. The van der Waals surface area contributed by atoms with Crippen LogP contribution in [0.25, 0.3) is 0 Å². The van der Waals surface area contributed by atoms with Gasteiger partial charge in [0.2, 0.25) is 0 Å². The van der Waals surface area contributed by atoms with Crippen LogP contribution in [-0.4, -0.2) is 21.8 Å². The van der Waals surface area contributed by atoms with Gasteiger partial charge in [0.25, 0.3) is 0 Å². The lowest BCUT2D eigenvalue weighted by Crippen LogP contribution is -2.56. The Balaban J connectivity index is 2.27. The van der Waals surface area contributed by atoms with Crippen molar-refractivity contribution in [3.8, 4) is 0 Å². The average Bonchev–Trinajstić information content (AvgIpc) is 2.49. The van der Waals surface area contributed by atoms with Gasteiger partial charge in [-0.05, 0) is 32.1 Å². The van der Waals surface area contributed by atoms with E-state index in [4.69, 9.17) is 0 Å². The van der Waals surface area contributed by atoms with Crippen LogP contribution in [0.4, 0.5) is 0 Å². The Hall–Kier alpha value is -0.570. The molecular formula is C10H16O3. The van der Waals surface area contributed by atoms with Gasteiger partial charge in [-0.25, -0.2) is 0 Å². The second kappa shape index (κ2) is 2.71. The first-order valence-corrected chi connectivity index (χ1v) is 5.07. The van der Waals surface area contributed by atoms with Gasteiger partial charge in [-0.15, -0.1) is 0 Å². The van der Waals surface area contributed by atoms with E-state index in [0.717, 1.165) is 19.3 Å². The Bertz CT molecular complexity index is 224. The summed E-state index contributed by atoms with van der Waals surface area (Å²) in [5.41, 5.74) is -1.68. The minimum Gasteiger partial charge on any atom is -0.481 e. The summed E-state index contributed by atoms with van der Waals surface area (Å²) in [5, 5.41) is 19.4. The van der Waals surface area contributed by atoms with Gasteiger partial charge >= 0.3 is 5.97 Å². The lowest BCUT2D eigenvalue weighted by Gasteiger charge is -2.48. The lowest BCUT2D eigenvalue weighted by atomic mass is 9.60. The van der Waals surface area contributed by atoms with Crippen LogP contribution in [0.3, 0.4) is 0 Å². The van der Waals surface area contributed by atoms with Gasteiger partial charge in [-0.1, -0.05) is 12.8 Å². The van der Waals surface area contributed by atoms with Gasteiger partial charge in [0.1, 0.15) is 0 Å². The summed E-state index contributed by atoms with van der Waals surface area (Å²) >= 11 is 0. The molecule has 0 saturated heterocycles. The van der Waals surface area contributed by atoms with Crippen molar-refractivity contribution in [2.45, 2.75) is 50.5 Å². The molecule has 74 valence electrons. The summed E-state index contributed by atoms with van der Waals surface area (Å²) in [6, 6.07) is 0. The van der Waals surface area contributed by atoms with E-state index in [-0.39, 0.29) is 0 Å². The van der Waals surface area contributed by atoms with E-state index in [9.17, 15) is 15.0 Å². The van der Waals surface area contributed by atoms with E-state index in [1.165, 1.54) is 0 Å². The minimum atomic E-state index is -0.880. The molecule has 0 atom stereocenters. The molecule has 3 heteroatoms. The predicted molar refractivity (Wildman–Crippen MR) is 47.3 cm³/mol. The molecule has 0 amide bonds. The van der Waals surface area contributed by atoms with E-state index >= 15 is 0 Å². The summed E-state index contributed by atoms with van der Waals surface area (Å²) < 4.78 is 0. The van der Waals surface area contributed by atoms with Crippen LogP contribution in [0.2, 0.25) is 0 Å². The van der Waals surface area contributed by atoms with Crippen LogP contribution in [0, 0.1) is 5.41 Å². The molecule has 2 aliphatic rings. The van der Waals surface area contributed by atoms with Gasteiger partial charge in [0.15, 0.2) is 0 Å². The third-order valence-corrected chi connectivity index (χ3v) is 3.94. The fourth-order valence-electron chi connectivity index (χ4n) is 2.85. The fraction of sp³-hybridized carbons (Fsp3) is 0.900. The molecule has 3 nitrogen and oxygen atoms in total. The molecule has 2 rings (SSSR count). The number of hydrogen-bond acceptors (Lipinski definition) is 2. The Morgan fingerprint density at radius 1 is 1.00 bits per heavy atom. The number of carbonyl (C=O) groups is 1. The molecule has 13 heavy (non-hydrogen) atoms. The van der Waals surface area contributed by atoms with Crippen molar-refractivity contribution in [1.29, 1.82) is 0 Å². The Morgan fingerprint density at radius 3 is 1.85 bits per heavy atom. The van der Waals surface area contributed by atoms with E-state index in [1.54, 1.807) is 0 Å². The lowest BCUT2D eigenvalue weighted by molar-refractivity contribution is -0.183. The van der Waals surface area contributed by atoms with Crippen molar-refractivity contribution in [1.82, 2.24) is 0 Å². The summed E-state index contributed by atoms with van der Waals surface area (Å²) in [7, 11) is 0. The highest BCUT2D eigenvalue weighted by Crippen LogP contribution is 2.54. The molecule has 0 spiro atoms. The number of rotatable bonds is 2. The van der Waals surface area contributed by atoms with Crippen molar-refractivity contribution in [2.75, 3.05) is 0 Å². The Kier molecular flexibility index (Phi) is 1.88. The maximum Gasteiger partial charge on any atom is 0.312 e. The summed E-state index contributed by atoms with van der Waals surface area (Å²) in [4.78, 5) is 11.2. The number of carboxylic acid groups (broad SMARTS) is 1. The molecule has 0 aromatic carbocycles. The molecule has 0 bridgehead atoms. The smallest absolute Gasteiger partial charge is 0.312 e. The number of hydrogen-bond donors (Lipinski definition) is 2. The third-order valence-electron chi connectivity index (χ3n) is 3.94. The summed E-state index contributed by atoms with van der Waals surface area (Å²) in [5.74, 6) is -0.785. The maximum absolute atomic E-state index is 11.2. The van der Waals surface area contributed by atoms with Crippen LogP contribution in [-0.2, 0) is 4.79 Å². The van der Waals surface area contributed by atoms with Crippen molar-refractivity contribution in [3.05, 3.63) is 0 Å². The summed E-state index contributed by atoms with van der Waals surface area (Å²) in [6.07, 6.45) is 5.57. The van der Waals surface area contributed by atoms with E-state index in [0.29, 0.717) is 25.7 Å². The monoisotopic (exact) mass is 184 g/mol. The number of carboxylic acids is 1. The topological polar surface area (TPSA) is 57.5 Å². The Morgan fingerprint density at radius 2 is 1.54 bits per heavy atom. The first-order chi connectivity index (χ1) is 6.11. The van der Waals surface area contributed by atoms with Crippen LogP contribution in [0.15, 0.2) is 0 Å². The van der Waals surface area contributed by atoms with Crippen molar-refractivity contribution in [2.24, 2.45) is 5.41 Å². The first-order valence-electron chi connectivity index (χ1n) is 5.07. The molecule has 0 heterocycles. The van der Waals surface area contributed by atoms with Crippen LogP contribution >= 0.6 is 0 Å². The SMILES string of the molecule is O=C(O)C1(C2(O)CCC2)CCCC1. The molecule has 2 aliphatic carbocycles. The van der Waals surface area contributed by atoms with Gasteiger partial charge in [-0.2, -0.15) is 0 Å². The molecule has 0 radical (unpaired) electrons. The van der Waals surface area contributed by atoms with Crippen molar-refractivity contribution in [3.63, 3.8) is 0 Å². The van der Waals surface area contributed by atoms with Crippen LogP contribution in [0.1, 0.15) is 44.9 Å². The summed E-state index contributed by atoms with van der Waals surface area (Å²) in [6.45, 7) is 0. The molecule has 0 aliphatic heterocycles.